The molecular formula is C16H16F3NO2. The molecule has 0 radical (unpaired) electrons. The minimum absolute atomic E-state index is 0.101. The Kier molecular flexibility index (Phi) is 5.63. The fraction of sp³-hybridized carbons (Fsp3) is 0.312. The van der Waals surface area contributed by atoms with Crippen molar-refractivity contribution in [1.29, 1.82) is 0 Å². The summed E-state index contributed by atoms with van der Waals surface area (Å²) < 4.78 is 46.9. The molecule has 2 rings (SSSR count). The molecule has 0 N–H and O–H groups in total. The summed E-state index contributed by atoms with van der Waals surface area (Å²) in [5, 5.41) is 0. The van der Waals surface area contributed by atoms with Crippen molar-refractivity contribution in [3.8, 4) is 11.5 Å². The molecule has 0 aliphatic heterocycles. The van der Waals surface area contributed by atoms with Crippen LogP contribution in [0.25, 0.3) is 0 Å². The highest BCUT2D eigenvalue weighted by atomic mass is 19.4. The Bertz CT molecular complexity index is 573. The van der Waals surface area contributed by atoms with Gasteiger partial charge in [-0.2, -0.15) is 13.2 Å². The van der Waals surface area contributed by atoms with Crippen molar-refractivity contribution < 1.29 is 22.6 Å². The maximum atomic E-state index is 12.2. The smallest absolute Gasteiger partial charge is 0.422 e. The summed E-state index contributed by atoms with van der Waals surface area (Å²) in [5.74, 6) is 0.421. The van der Waals surface area contributed by atoms with E-state index < -0.39 is 12.8 Å². The van der Waals surface area contributed by atoms with Crippen LogP contribution in [0.15, 0.2) is 48.8 Å². The van der Waals surface area contributed by atoms with Crippen LogP contribution in [0.1, 0.15) is 12.0 Å². The summed E-state index contributed by atoms with van der Waals surface area (Å²) in [6.45, 7) is -0.931. The van der Waals surface area contributed by atoms with Crippen molar-refractivity contribution >= 4 is 0 Å². The lowest BCUT2D eigenvalue weighted by Crippen LogP contribution is -2.19. The second-order valence-corrected chi connectivity index (χ2v) is 4.66. The number of benzene rings is 1. The number of para-hydroxylation sites is 2. The lowest BCUT2D eigenvalue weighted by Gasteiger charge is -2.13. The summed E-state index contributed by atoms with van der Waals surface area (Å²) in [5.41, 5.74) is 1.14. The Labute approximate surface area is 126 Å². The van der Waals surface area contributed by atoms with Crippen LogP contribution in [0.3, 0.4) is 0 Å². The fourth-order valence-corrected chi connectivity index (χ4v) is 1.86. The maximum Gasteiger partial charge on any atom is 0.422 e. The predicted molar refractivity (Wildman–Crippen MR) is 76.0 cm³/mol. The number of pyridine rings is 1. The maximum absolute atomic E-state index is 12.2. The monoisotopic (exact) mass is 311 g/mol. The topological polar surface area (TPSA) is 31.4 Å². The van der Waals surface area contributed by atoms with Crippen LogP contribution in [0.5, 0.6) is 11.5 Å². The number of aromatic nitrogens is 1. The van der Waals surface area contributed by atoms with E-state index in [0.29, 0.717) is 12.4 Å². The molecule has 0 atom stereocenters. The van der Waals surface area contributed by atoms with Crippen molar-refractivity contribution in [1.82, 2.24) is 4.98 Å². The minimum Gasteiger partial charge on any atom is -0.490 e. The molecule has 1 aromatic heterocycles. The summed E-state index contributed by atoms with van der Waals surface area (Å²) in [4.78, 5) is 3.93. The van der Waals surface area contributed by atoms with Gasteiger partial charge in [0.2, 0.25) is 0 Å². The van der Waals surface area contributed by atoms with Gasteiger partial charge in [0.1, 0.15) is 0 Å². The molecule has 1 aromatic carbocycles. The molecule has 6 heteroatoms. The van der Waals surface area contributed by atoms with Gasteiger partial charge in [0, 0.05) is 12.4 Å². The summed E-state index contributed by atoms with van der Waals surface area (Å²) in [6.07, 6.45) is 0.632. The Morgan fingerprint density at radius 1 is 0.909 bits per heavy atom. The number of alkyl halides is 3. The van der Waals surface area contributed by atoms with Crippen molar-refractivity contribution in [2.24, 2.45) is 0 Å². The Morgan fingerprint density at radius 3 is 2.18 bits per heavy atom. The van der Waals surface area contributed by atoms with Crippen LogP contribution in [0.2, 0.25) is 0 Å². The van der Waals surface area contributed by atoms with E-state index in [0.717, 1.165) is 18.4 Å². The highest BCUT2D eigenvalue weighted by molar-refractivity contribution is 5.39. The van der Waals surface area contributed by atoms with Crippen molar-refractivity contribution in [3.05, 3.63) is 54.4 Å². The molecule has 0 saturated heterocycles. The third-order valence-corrected chi connectivity index (χ3v) is 2.86. The van der Waals surface area contributed by atoms with Crippen molar-refractivity contribution in [2.75, 3.05) is 13.2 Å². The van der Waals surface area contributed by atoms with Crippen LogP contribution in [0, 0.1) is 0 Å². The number of aryl methyl sites for hydroxylation is 1. The van der Waals surface area contributed by atoms with E-state index in [9.17, 15) is 13.2 Å². The first-order valence-electron chi connectivity index (χ1n) is 6.85. The first kappa shape index (κ1) is 16.1. The number of ether oxygens (including phenoxy) is 2. The Balaban J connectivity index is 1.82. The van der Waals surface area contributed by atoms with Gasteiger partial charge in [-0.15, -0.1) is 0 Å². The number of halogens is 3. The number of hydrogen-bond acceptors (Lipinski definition) is 3. The second kappa shape index (κ2) is 7.68. The van der Waals surface area contributed by atoms with E-state index in [1.807, 2.05) is 12.1 Å². The highest BCUT2D eigenvalue weighted by Crippen LogP contribution is 2.28. The highest BCUT2D eigenvalue weighted by Gasteiger charge is 2.28. The van der Waals surface area contributed by atoms with Gasteiger partial charge in [-0.1, -0.05) is 12.1 Å². The molecule has 0 amide bonds. The molecule has 0 saturated carbocycles. The zero-order valence-corrected chi connectivity index (χ0v) is 11.8. The van der Waals surface area contributed by atoms with Crippen LogP contribution in [0.4, 0.5) is 13.2 Å². The van der Waals surface area contributed by atoms with Gasteiger partial charge in [0.05, 0.1) is 6.61 Å². The van der Waals surface area contributed by atoms with Crippen molar-refractivity contribution in [2.45, 2.75) is 19.0 Å². The van der Waals surface area contributed by atoms with Crippen LogP contribution in [-0.2, 0) is 6.42 Å². The fourth-order valence-electron chi connectivity index (χ4n) is 1.86. The third kappa shape index (κ3) is 5.63. The summed E-state index contributed by atoms with van der Waals surface area (Å²) >= 11 is 0. The lowest BCUT2D eigenvalue weighted by atomic mass is 10.1. The van der Waals surface area contributed by atoms with Crippen LogP contribution >= 0.6 is 0 Å². The third-order valence-electron chi connectivity index (χ3n) is 2.86. The van der Waals surface area contributed by atoms with E-state index in [1.165, 1.54) is 6.07 Å². The average molecular weight is 311 g/mol. The van der Waals surface area contributed by atoms with Crippen molar-refractivity contribution in [3.63, 3.8) is 0 Å². The summed E-state index contributed by atoms with van der Waals surface area (Å²) in [7, 11) is 0. The van der Waals surface area contributed by atoms with Gasteiger partial charge in [0.25, 0.3) is 0 Å². The Hall–Kier alpha value is -2.24. The zero-order valence-electron chi connectivity index (χ0n) is 11.8. The first-order valence-corrected chi connectivity index (χ1v) is 6.85. The molecule has 0 spiro atoms. The van der Waals surface area contributed by atoms with E-state index in [-0.39, 0.29) is 5.75 Å². The second-order valence-electron chi connectivity index (χ2n) is 4.66. The van der Waals surface area contributed by atoms with Gasteiger partial charge in [0.15, 0.2) is 18.1 Å². The van der Waals surface area contributed by atoms with E-state index >= 15 is 0 Å². The van der Waals surface area contributed by atoms with Gasteiger partial charge in [-0.25, -0.2) is 0 Å². The molecule has 1 heterocycles. The largest absolute Gasteiger partial charge is 0.490 e. The molecule has 118 valence electrons. The Morgan fingerprint density at radius 2 is 1.55 bits per heavy atom. The molecule has 3 nitrogen and oxygen atoms in total. The molecule has 0 fully saturated rings. The van der Waals surface area contributed by atoms with Gasteiger partial charge in [-0.05, 0) is 42.7 Å². The first-order chi connectivity index (χ1) is 10.5. The van der Waals surface area contributed by atoms with E-state index in [4.69, 9.17) is 9.47 Å². The number of rotatable bonds is 7. The summed E-state index contributed by atoms with van der Waals surface area (Å²) in [6, 6.07) is 10.2. The molecule has 0 bridgehead atoms. The molecule has 0 unspecified atom stereocenters. The quantitative estimate of drug-likeness (QED) is 0.723. The molecular weight excluding hydrogens is 295 g/mol. The lowest BCUT2D eigenvalue weighted by molar-refractivity contribution is -0.153. The van der Waals surface area contributed by atoms with Gasteiger partial charge < -0.3 is 9.47 Å². The minimum atomic E-state index is -4.37. The van der Waals surface area contributed by atoms with E-state index in [2.05, 4.69) is 4.98 Å². The average Bonchev–Trinajstić information content (AvgIpc) is 2.51. The molecule has 22 heavy (non-hydrogen) atoms. The van der Waals surface area contributed by atoms with Gasteiger partial charge >= 0.3 is 6.18 Å². The SMILES string of the molecule is FC(F)(F)COc1ccccc1OCCCc1ccncc1. The number of hydrogen-bond donors (Lipinski definition) is 0. The van der Waals surface area contributed by atoms with Gasteiger partial charge in [-0.3, -0.25) is 4.98 Å². The zero-order chi connectivity index (χ0) is 15.8. The normalized spacial score (nSPS) is 11.2. The standard InChI is InChI=1S/C16H16F3NO2/c17-16(18,19)12-22-15-6-2-1-5-14(15)21-11-3-4-13-7-9-20-10-8-13/h1-2,5-10H,3-4,11-12H2. The predicted octanol–water partition coefficient (Wildman–Crippen LogP) is 4.03. The number of nitrogens with zero attached hydrogens (tertiary/aromatic N) is 1. The molecule has 0 aliphatic carbocycles. The molecule has 2 aromatic rings. The molecule has 0 aliphatic rings. The van der Waals surface area contributed by atoms with E-state index in [1.54, 1.807) is 30.6 Å². The van der Waals surface area contributed by atoms with Crippen LogP contribution in [-0.4, -0.2) is 24.4 Å². The van der Waals surface area contributed by atoms with Crippen LogP contribution < -0.4 is 9.47 Å².